The molecule has 10 heteroatoms. The second kappa shape index (κ2) is 10.3. The quantitative estimate of drug-likeness (QED) is 0.195. The summed E-state index contributed by atoms with van der Waals surface area (Å²) in [5, 5.41) is 3.05. The number of hydrogen-bond acceptors (Lipinski definition) is 6. The third-order valence-electron chi connectivity index (χ3n) is 5.91. The zero-order valence-electron chi connectivity index (χ0n) is 18.2. The van der Waals surface area contributed by atoms with Crippen LogP contribution in [0.2, 0.25) is 0 Å². The minimum atomic E-state index is -0.0863. The molecule has 0 saturated carbocycles. The van der Waals surface area contributed by atoms with E-state index in [2.05, 4.69) is 35.1 Å². The van der Waals surface area contributed by atoms with Crippen LogP contribution in [0, 0.1) is 0 Å². The van der Waals surface area contributed by atoms with Gasteiger partial charge < -0.3 is 21.4 Å². The van der Waals surface area contributed by atoms with Crippen LogP contribution in [0.25, 0.3) is 11.0 Å². The number of para-hydroxylation sites is 2. The van der Waals surface area contributed by atoms with Gasteiger partial charge in [-0.3, -0.25) is 20.1 Å². The molecule has 1 aliphatic rings. The zero-order valence-corrected chi connectivity index (χ0v) is 18.2. The molecule has 3 heterocycles. The molecule has 1 fully saturated rings. The number of nitrogens with zero attached hydrogens (tertiary/aromatic N) is 4. The number of anilines is 2. The van der Waals surface area contributed by atoms with Gasteiger partial charge in [-0.1, -0.05) is 18.6 Å². The molecule has 0 radical (unpaired) electrons. The molecule has 1 saturated heterocycles. The number of hydrogen-bond donors (Lipinski definition) is 5. The Labute approximate surface area is 186 Å². The summed E-state index contributed by atoms with van der Waals surface area (Å²) in [7, 11) is 0. The molecule has 0 aliphatic carbocycles. The lowest BCUT2D eigenvalue weighted by Crippen LogP contribution is -2.35. The Bertz CT molecular complexity index is 1070. The van der Waals surface area contributed by atoms with Gasteiger partial charge in [-0.05, 0) is 63.4 Å². The normalized spacial score (nSPS) is 15.1. The molecule has 0 unspecified atom stereocenters. The zero-order chi connectivity index (χ0) is 22.3. The highest BCUT2D eigenvalue weighted by atomic mass is 16.1. The number of unbranched alkanes of at least 4 members (excludes halogenated alkanes) is 2. The third kappa shape index (κ3) is 5.64. The minimum absolute atomic E-state index is 0.0863. The number of likely N-dealkylation sites (tertiary alicyclic amines) is 1. The summed E-state index contributed by atoms with van der Waals surface area (Å²) in [6.07, 6.45) is 6.89. The predicted octanol–water partition coefficient (Wildman–Crippen LogP) is 2.01. The topological polar surface area (TPSA) is 154 Å². The van der Waals surface area contributed by atoms with Crippen molar-refractivity contribution in [1.29, 1.82) is 0 Å². The molecule has 1 aromatic carbocycles. The summed E-state index contributed by atoms with van der Waals surface area (Å²) in [6, 6.07) is 7.75. The van der Waals surface area contributed by atoms with Gasteiger partial charge in [-0.2, -0.15) is 0 Å². The molecule has 0 amide bonds. The van der Waals surface area contributed by atoms with E-state index in [0.717, 1.165) is 68.3 Å². The van der Waals surface area contributed by atoms with Crippen molar-refractivity contribution in [1.82, 2.24) is 24.8 Å². The summed E-state index contributed by atoms with van der Waals surface area (Å²) in [4.78, 5) is 34.1. The first-order chi connectivity index (χ1) is 15.6. The van der Waals surface area contributed by atoms with E-state index in [4.69, 9.17) is 11.5 Å². The maximum absolute atomic E-state index is 12.7. The summed E-state index contributed by atoms with van der Waals surface area (Å²) in [5.74, 6) is 1.34. The Kier molecular flexibility index (Phi) is 7.00. The summed E-state index contributed by atoms with van der Waals surface area (Å²) >= 11 is 0. The van der Waals surface area contributed by atoms with Crippen LogP contribution in [0.15, 0.2) is 40.2 Å². The van der Waals surface area contributed by atoms with Crippen LogP contribution in [-0.4, -0.2) is 57.0 Å². The largest absolute Gasteiger partial charge is 0.370 e. The first-order valence-electron chi connectivity index (χ1n) is 11.2. The number of benzene rings is 1. The molecule has 0 bridgehead atoms. The fraction of sp³-hybridized carbons (Fsp3) is 0.455. The highest BCUT2D eigenvalue weighted by molar-refractivity contribution is 5.77. The average Bonchev–Trinajstić information content (AvgIpc) is 3.19. The van der Waals surface area contributed by atoms with Gasteiger partial charge in [0.1, 0.15) is 0 Å². The molecule has 2 aromatic heterocycles. The van der Waals surface area contributed by atoms with Gasteiger partial charge in [0, 0.05) is 18.3 Å². The number of imidazole rings is 1. The first-order valence-corrected chi connectivity index (χ1v) is 11.2. The average molecular weight is 438 g/mol. The lowest BCUT2D eigenvalue weighted by Gasteiger charge is -2.31. The number of piperidine rings is 1. The van der Waals surface area contributed by atoms with Crippen molar-refractivity contribution >= 4 is 28.9 Å². The number of H-pyrrole nitrogens is 2. The maximum atomic E-state index is 12.7. The van der Waals surface area contributed by atoms with E-state index in [-0.39, 0.29) is 17.4 Å². The fourth-order valence-electron chi connectivity index (χ4n) is 4.18. The maximum Gasteiger partial charge on any atom is 0.255 e. The minimum Gasteiger partial charge on any atom is -0.370 e. The number of guanidine groups is 1. The number of aromatic amines is 2. The third-order valence-corrected chi connectivity index (χ3v) is 5.91. The van der Waals surface area contributed by atoms with Crippen LogP contribution in [0.5, 0.6) is 0 Å². The van der Waals surface area contributed by atoms with E-state index in [1.165, 1.54) is 0 Å². The number of aliphatic imine (C=N–C) groups is 1. The molecule has 0 atom stereocenters. The summed E-state index contributed by atoms with van der Waals surface area (Å²) in [6.45, 7) is 3.76. The van der Waals surface area contributed by atoms with Gasteiger partial charge in [0.2, 0.25) is 11.9 Å². The molecule has 170 valence electrons. The summed E-state index contributed by atoms with van der Waals surface area (Å²) < 4.78 is 0. The van der Waals surface area contributed by atoms with Gasteiger partial charge in [0.15, 0.2) is 5.96 Å². The standard InChI is InChI=1S/C22H31N9O/c23-20(24)25-10-4-1-5-11-31-12-8-15(9-13-31)16-14-26-21(29-19(16)32)30-22-27-17-6-2-3-7-18(17)28-22/h2-3,6-7,14-15H,1,4-5,8-13H2,(H4,23,24,25)(H3,26,27,28,29,30,32). The second-order valence-corrected chi connectivity index (χ2v) is 8.23. The molecule has 32 heavy (non-hydrogen) atoms. The Hall–Kier alpha value is -3.40. The smallest absolute Gasteiger partial charge is 0.255 e. The Balaban J connectivity index is 1.26. The second-order valence-electron chi connectivity index (χ2n) is 8.23. The predicted molar refractivity (Wildman–Crippen MR) is 127 cm³/mol. The van der Waals surface area contributed by atoms with Crippen molar-refractivity contribution in [2.75, 3.05) is 31.5 Å². The van der Waals surface area contributed by atoms with Crippen LogP contribution >= 0.6 is 0 Å². The van der Waals surface area contributed by atoms with Crippen molar-refractivity contribution in [2.45, 2.75) is 38.0 Å². The monoisotopic (exact) mass is 437 g/mol. The van der Waals surface area contributed by atoms with Gasteiger partial charge in [0.05, 0.1) is 11.0 Å². The van der Waals surface area contributed by atoms with E-state index in [9.17, 15) is 4.79 Å². The van der Waals surface area contributed by atoms with Crippen molar-refractivity contribution in [3.8, 4) is 0 Å². The van der Waals surface area contributed by atoms with Crippen LogP contribution in [0.4, 0.5) is 11.9 Å². The van der Waals surface area contributed by atoms with Crippen molar-refractivity contribution in [3.05, 3.63) is 46.4 Å². The molecule has 10 nitrogen and oxygen atoms in total. The molecular weight excluding hydrogens is 406 g/mol. The lowest BCUT2D eigenvalue weighted by molar-refractivity contribution is 0.208. The number of rotatable bonds is 9. The van der Waals surface area contributed by atoms with Crippen LogP contribution in [0.3, 0.4) is 0 Å². The van der Waals surface area contributed by atoms with Crippen LogP contribution < -0.4 is 22.3 Å². The number of fused-ring (bicyclic) bond motifs is 1. The first kappa shape index (κ1) is 21.8. The van der Waals surface area contributed by atoms with Crippen LogP contribution in [0.1, 0.15) is 43.6 Å². The Morgan fingerprint density at radius 2 is 1.94 bits per heavy atom. The Morgan fingerprint density at radius 1 is 1.12 bits per heavy atom. The van der Waals surface area contributed by atoms with Crippen molar-refractivity contribution in [2.24, 2.45) is 16.5 Å². The molecular formula is C22H31N9O. The SMILES string of the molecule is NC(N)=NCCCCCN1CCC(c2cnc(Nc3nc4ccccc4[nH]3)[nH]c2=O)CC1. The van der Waals surface area contributed by atoms with Gasteiger partial charge >= 0.3 is 0 Å². The van der Waals surface area contributed by atoms with Gasteiger partial charge in [-0.25, -0.2) is 9.97 Å². The molecule has 1 aliphatic heterocycles. The van der Waals surface area contributed by atoms with Gasteiger partial charge in [-0.15, -0.1) is 0 Å². The molecule has 4 rings (SSSR count). The van der Waals surface area contributed by atoms with E-state index < -0.39 is 0 Å². The molecule has 7 N–H and O–H groups in total. The molecule has 3 aromatic rings. The van der Waals surface area contributed by atoms with E-state index in [1.54, 1.807) is 6.20 Å². The van der Waals surface area contributed by atoms with Gasteiger partial charge in [0.25, 0.3) is 5.56 Å². The van der Waals surface area contributed by atoms with Crippen LogP contribution in [-0.2, 0) is 0 Å². The van der Waals surface area contributed by atoms with E-state index in [1.807, 2.05) is 24.3 Å². The fourth-order valence-corrected chi connectivity index (χ4v) is 4.18. The van der Waals surface area contributed by atoms with Crippen molar-refractivity contribution in [3.63, 3.8) is 0 Å². The molecule has 0 spiro atoms. The van der Waals surface area contributed by atoms with Crippen molar-refractivity contribution < 1.29 is 0 Å². The van der Waals surface area contributed by atoms with E-state index in [0.29, 0.717) is 18.4 Å². The lowest BCUT2D eigenvalue weighted by atomic mass is 9.91. The number of nitrogens with one attached hydrogen (secondary N) is 3. The summed E-state index contributed by atoms with van der Waals surface area (Å²) in [5.41, 5.74) is 13.1. The highest BCUT2D eigenvalue weighted by Crippen LogP contribution is 2.26. The Morgan fingerprint density at radius 3 is 2.69 bits per heavy atom. The number of nitrogens with two attached hydrogens (primary N) is 2. The number of aromatic nitrogens is 4. The van der Waals surface area contributed by atoms with E-state index >= 15 is 0 Å². The highest BCUT2D eigenvalue weighted by Gasteiger charge is 2.23.